The number of hydrogen-bond donors (Lipinski definition) is 3. The predicted molar refractivity (Wildman–Crippen MR) is 87.0 cm³/mol. The van der Waals surface area contributed by atoms with E-state index >= 15 is 0 Å². The van der Waals surface area contributed by atoms with Gasteiger partial charge in [-0.15, -0.1) is 11.3 Å². The van der Waals surface area contributed by atoms with E-state index in [1.54, 1.807) is 11.3 Å². The second kappa shape index (κ2) is 7.69. The van der Waals surface area contributed by atoms with Crippen molar-refractivity contribution >= 4 is 39.2 Å². The number of nitrogens with one attached hydrogen (secondary N) is 3. The molecular weight excluding hydrogens is 302 g/mol. The van der Waals surface area contributed by atoms with Crippen LogP contribution in [0.1, 0.15) is 18.2 Å². The van der Waals surface area contributed by atoms with Gasteiger partial charge in [-0.2, -0.15) is 0 Å². The molecule has 0 atom stereocenters. The Bertz CT molecular complexity index is 670. The molecule has 118 valence electrons. The molecule has 0 bridgehead atoms. The van der Waals surface area contributed by atoms with Crippen LogP contribution in [0.5, 0.6) is 0 Å². The maximum Gasteiger partial charge on any atom is 0.221 e. The van der Waals surface area contributed by atoms with Crippen molar-refractivity contribution in [3.63, 3.8) is 0 Å². The highest BCUT2D eigenvalue weighted by molar-refractivity contribution is 7.18. The summed E-state index contributed by atoms with van der Waals surface area (Å²) in [6, 6.07) is 2.04. The summed E-state index contributed by atoms with van der Waals surface area (Å²) in [4.78, 5) is 32.9. The lowest BCUT2D eigenvalue weighted by atomic mass is 10.3. The molecule has 0 fully saturated rings. The molecule has 0 aliphatic heterocycles. The molecule has 2 heterocycles. The van der Waals surface area contributed by atoms with Crippen LogP contribution < -0.4 is 16.0 Å². The van der Waals surface area contributed by atoms with Crippen molar-refractivity contribution in [1.82, 2.24) is 20.6 Å². The van der Waals surface area contributed by atoms with Crippen molar-refractivity contribution in [2.75, 3.05) is 25.0 Å². The monoisotopic (exact) mass is 321 g/mol. The zero-order valence-electron chi connectivity index (χ0n) is 12.6. The van der Waals surface area contributed by atoms with E-state index in [9.17, 15) is 9.59 Å². The Morgan fingerprint density at radius 1 is 1.18 bits per heavy atom. The van der Waals surface area contributed by atoms with Crippen LogP contribution in [0.3, 0.4) is 0 Å². The maximum absolute atomic E-state index is 11.7. The fourth-order valence-corrected chi connectivity index (χ4v) is 2.79. The van der Waals surface area contributed by atoms with E-state index < -0.39 is 0 Å². The molecule has 2 amide bonds. The average molecular weight is 321 g/mol. The van der Waals surface area contributed by atoms with Crippen LogP contribution in [0, 0.1) is 6.92 Å². The van der Waals surface area contributed by atoms with Crippen molar-refractivity contribution < 1.29 is 9.59 Å². The van der Waals surface area contributed by atoms with Crippen LogP contribution in [0.2, 0.25) is 0 Å². The largest absolute Gasteiger partial charge is 0.369 e. The van der Waals surface area contributed by atoms with Crippen molar-refractivity contribution in [1.29, 1.82) is 0 Å². The van der Waals surface area contributed by atoms with Gasteiger partial charge in [0.25, 0.3) is 0 Å². The van der Waals surface area contributed by atoms with E-state index in [2.05, 4.69) is 25.9 Å². The number of amides is 2. The number of rotatable bonds is 7. The number of aromatic nitrogens is 2. The molecule has 3 N–H and O–H groups in total. The molecule has 2 aromatic rings. The van der Waals surface area contributed by atoms with Gasteiger partial charge >= 0.3 is 0 Å². The molecule has 2 rings (SSSR count). The molecule has 0 unspecified atom stereocenters. The average Bonchev–Trinajstić information content (AvgIpc) is 2.84. The van der Waals surface area contributed by atoms with Gasteiger partial charge in [0.1, 0.15) is 17.0 Å². The van der Waals surface area contributed by atoms with E-state index in [4.69, 9.17) is 0 Å². The van der Waals surface area contributed by atoms with Gasteiger partial charge in [-0.25, -0.2) is 9.97 Å². The summed E-state index contributed by atoms with van der Waals surface area (Å²) in [5.74, 6) is 0.583. The Morgan fingerprint density at radius 2 is 1.95 bits per heavy atom. The molecule has 22 heavy (non-hydrogen) atoms. The third kappa shape index (κ3) is 4.66. The fourth-order valence-electron chi connectivity index (χ4n) is 1.94. The molecule has 0 aliphatic carbocycles. The first-order valence-corrected chi connectivity index (χ1v) is 7.84. The highest BCUT2D eigenvalue weighted by Crippen LogP contribution is 2.27. The van der Waals surface area contributed by atoms with Gasteiger partial charge in [-0.3, -0.25) is 9.59 Å². The van der Waals surface area contributed by atoms with Crippen LogP contribution >= 0.6 is 11.3 Å². The molecule has 0 aromatic carbocycles. The Balaban J connectivity index is 1.75. The summed E-state index contributed by atoms with van der Waals surface area (Å²) in [7, 11) is 0. The van der Waals surface area contributed by atoms with E-state index in [1.807, 2.05) is 13.0 Å². The van der Waals surface area contributed by atoms with Gasteiger partial charge in [0.2, 0.25) is 11.8 Å². The topological polar surface area (TPSA) is 96.0 Å². The Kier molecular flexibility index (Phi) is 5.65. The van der Waals surface area contributed by atoms with Gasteiger partial charge in [-0.1, -0.05) is 0 Å². The van der Waals surface area contributed by atoms with Crippen LogP contribution in [0.15, 0.2) is 12.4 Å². The number of aryl methyl sites for hydroxylation is 1. The van der Waals surface area contributed by atoms with Gasteiger partial charge in [0.05, 0.1) is 5.39 Å². The lowest BCUT2D eigenvalue weighted by Crippen LogP contribution is -2.34. The van der Waals surface area contributed by atoms with Crippen molar-refractivity contribution in [3.05, 3.63) is 17.3 Å². The number of thiophene rings is 1. The number of hydrogen-bond acceptors (Lipinski definition) is 6. The Labute approximate surface area is 132 Å². The molecular formula is C14H19N5O2S. The molecule has 2 aromatic heterocycles. The summed E-state index contributed by atoms with van der Waals surface area (Å²) >= 11 is 1.62. The summed E-state index contributed by atoms with van der Waals surface area (Å²) < 4.78 is 0. The van der Waals surface area contributed by atoms with Crippen molar-refractivity contribution in [3.8, 4) is 0 Å². The predicted octanol–water partition coefficient (Wildman–Crippen LogP) is 1.05. The van der Waals surface area contributed by atoms with Crippen LogP contribution in [-0.4, -0.2) is 41.4 Å². The minimum atomic E-state index is -0.102. The summed E-state index contributed by atoms with van der Waals surface area (Å²) in [5, 5.41) is 9.51. The highest BCUT2D eigenvalue weighted by Gasteiger charge is 2.07. The summed E-state index contributed by atoms with van der Waals surface area (Å²) in [6.07, 6.45) is 1.86. The lowest BCUT2D eigenvalue weighted by molar-refractivity contribution is -0.121. The summed E-state index contributed by atoms with van der Waals surface area (Å²) in [5.41, 5.74) is 0. The minimum absolute atomic E-state index is 0.0651. The summed E-state index contributed by atoms with van der Waals surface area (Å²) in [6.45, 7) is 4.83. The first kappa shape index (κ1) is 16.2. The number of anilines is 1. The SMILES string of the molecule is CC(=O)NCCNC(=O)CCNc1ncnc2sc(C)cc12. The van der Waals surface area contributed by atoms with E-state index in [0.717, 1.165) is 16.0 Å². The fraction of sp³-hybridized carbons (Fsp3) is 0.429. The molecule has 0 saturated heterocycles. The van der Waals surface area contributed by atoms with Gasteiger partial charge in [-0.05, 0) is 13.0 Å². The molecule has 0 saturated carbocycles. The normalized spacial score (nSPS) is 10.5. The highest BCUT2D eigenvalue weighted by atomic mass is 32.1. The lowest BCUT2D eigenvalue weighted by Gasteiger charge is -2.07. The smallest absolute Gasteiger partial charge is 0.221 e. The second-order valence-corrected chi connectivity index (χ2v) is 6.04. The van der Waals surface area contributed by atoms with Gasteiger partial charge < -0.3 is 16.0 Å². The third-order valence-corrected chi connectivity index (χ3v) is 3.88. The number of nitrogens with zero attached hydrogens (tertiary/aromatic N) is 2. The van der Waals surface area contributed by atoms with Crippen molar-refractivity contribution in [2.24, 2.45) is 0 Å². The van der Waals surface area contributed by atoms with Crippen molar-refractivity contribution in [2.45, 2.75) is 20.3 Å². The number of carbonyl (C=O) groups excluding carboxylic acids is 2. The second-order valence-electron chi connectivity index (χ2n) is 4.81. The maximum atomic E-state index is 11.7. The Hall–Kier alpha value is -2.22. The van der Waals surface area contributed by atoms with E-state index in [-0.39, 0.29) is 11.8 Å². The van der Waals surface area contributed by atoms with Crippen LogP contribution in [-0.2, 0) is 9.59 Å². The molecule has 7 nitrogen and oxygen atoms in total. The van der Waals surface area contributed by atoms with Crippen LogP contribution in [0.4, 0.5) is 5.82 Å². The zero-order chi connectivity index (χ0) is 15.9. The molecule has 8 heteroatoms. The van der Waals surface area contributed by atoms with Gasteiger partial charge in [0, 0.05) is 37.9 Å². The molecule has 0 spiro atoms. The standard InChI is InChI=1S/C14H19N5O2S/c1-9-7-11-13(18-8-19-14(11)22-9)17-4-3-12(21)16-6-5-15-10(2)20/h7-8H,3-6H2,1-2H3,(H,15,20)(H,16,21)(H,17,18,19). The molecule has 0 aliphatic rings. The Morgan fingerprint density at radius 3 is 2.73 bits per heavy atom. The zero-order valence-corrected chi connectivity index (χ0v) is 13.4. The first-order valence-electron chi connectivity index (χ1n) is 7.02. The van der Waals surface area contributed by atoms with E-state index in [0.29, 0.717) is 26.1 Å². The minimum Gasteiger partial charge on any atom is -0.369 e. The third-order valence-electron chi connectivity index (χ3n) is 2.92. The number of fused-ring (bicyclic) bond motifs is 1. The van der Waals surface area contributed by atoms with E-state index in [1.165, 1.54) is 18.1 Å². The quantitative estimate of drug-likeness (QED) is 0.663. The van der Waals surface area contributed by atoms with Crippen LogP contribution in [0.25, 0.3) is 10.2 Å². The first-order chi connectivity index (χ1) is 10.6. The number of carbonyl (C=O) groups is 2. The molecule has 0 radical (unpaired) electrons. The van der Waals surface area contributed by atoms with Gasteiger partial charge in [0.15, 0.2) is 0 Å².